The lowest BCUT2D eigenvalue weighted by Gasteiger charge is -2.07. The van der Waals surface area contributed by atoms with Crippen LogP contribution < -0.4 is 0 Å². The van der Waals surface area contributed by atoms with E-state index in [0.29, 0.717) is 0 Å². The third kappa shape index (κ3) is 2.35. The largest absolute Gasteiger partial charge is 0.392 e. The first kappa shape index (κ1) is 10.6. The molecule has 2 aromatic rings. The minimum Gasteiger partial charge on any atom is -0.392 e. The van der Waals surface area contributed by atoms with Crippen molar-refractivity contribution in [3.8, 4) is 0 Å². The van der Waals surface area contributed by atoms with Crippen molar-refractivity contribution in [1.82, 2.24) is 4.98 Å². The van der Waals surface area contributed by atoms with Crippen LogP contribution in [-0.4, -0.2) is 16.7 Å². The Morgan fingerprint density at radius 1 is 1.06 bits per heavy atom. The Balaban J connectivity index is 2.44. The van der Waals surface area contributed by atoms with Crippen molar-refractivity contribution in [2.75, 3.05) is 6.61 Å². The van der Waals surface area contributed by atoms with Gasteiger partial charge in [0, 0.05) is 18.0 Å². The monoisotopic (exact) mass is 211 g/mol. The maximum Gasteiger partial charge on any atom is 0.0621 e. The number of rotatable bonds is 3. The fraction of sp³-hybridized carbons (Fsp3) is 0.0714. The third-order valence-corrected chi connectivity index (χ3v) is 2.35. The molecule has 1 heterocycles. The number of hydrogen-bond donors (Lipinski definition) is 1. The Bertz CT molecular complexity index is 421. The third-order valence-electron chi connectivity index (χ3n) is 2.35. The highest BCUT2D eigenvalue weighted by molar-refractivity contribution is 5.79. The summed E-state index contributed by atoms with van der Waals surface area (Å²) in [6, 6.07) is 13.9. The summed E-state index contributed by atoms with van der Waals surface area (Å²) in [7, 11) is 0. The van der Waals surface area contributed by atoms with Crippen molar-refractivity contribution >= 4 is 5.57 Å². The van der Waals surface area contributed by atoms with Crippen LogP contribution in [0.1, 0.15) is 11.1 Å². The maximum absolute atomic E-state index is 9.06. The van der Waals surface area contributed by atoms with E-state index < -0.39 is 0 Å². The van der Waals surface area contributed by atoms with Crippen molar-refractivity contribution in [3.63, 3.8) is 0 Å². The second-order valence-corrected chi connectivity index (χ2v) is 3.41. The molecule has 0 bridgehead atoms. The van der Waals surface area contributed by atoms with E-state index in [-0.39, 0.29) is 6.61 Å². The van der Waals surface area contributed by atoms with Crippen molar-refractivity contribution in [2.24, 2.45) is 0 Å². The van der Waals surface area contributed by atoms with Crippen LogP contribution in [0.2, 0.25) is 0 Å². The first-order chi connectivity index (χ1) is 7.92. The quantitative estimate of drug-likeness (QED) is 0.846. The van der Waals surface area contributed by atoms with Crippen LogP contribution in [0.3, 0.4) is 0 Å². The number of aliphatic hydroxyl groups is 1. The van der Waals surface area contributed by atoms with Gasteiger partial charge in [-0.1, -0.05) is 42.5 Å². The Morgan fingerprint density at radius 3 is 2.44 bits per heavy atom. The molecule has 0 unspecified atom stereocenters. The van der Waals surface area contributed by atoms with E-state index in [1.165, 1.54) is 0 Å². The summed E-state index contributed by atoms with van der Waals surface area (Å²) in [6.07, 6.45) is 5.34. The summed E-state index contributed by atoms with van der Waals surface area (Å²) in [4.78, 5) is 4.09. The predicted octanol–water partition coefficient (Wildman–Crippen LogP) is 2.51. The highest BCUT2D eigenvalue weighted by Crippen LogP contribution is 2.21. The smallest absolute Gasteiger partial charge is 0.0621 e. The number of benzene rings is 1. The van der Waals surface area contributed by atoms with Gasteiger partial charge in [0.1, 0.15) is 0 Å². The normalized spacial score (nSPS) is 11.4. The molecule has 0 radical (unpaired) electrons. The van der Waals surface area contributed by atoms with Crippen LogP contribution in [0, 0.1) is 0 Å². The van der Waals surface area contributed by atoms with Gasteiger partial charge in [-0.05, 0) is 17.2 Å². The predicted molar refractivity (Wildman–Crippen MR) is 64.8 cm³/mol. The first-order valence-electron chi connectivity index (χ1n) is 5.18. The fourth-order valence-electron chi connectivity index (χ4n) is 1.63. The minimum absolute atomic E-state index is 0.0269. The lowest BCUT2D eigenvalue weighted by atomic mass is 9.99. The molecular weight excluding hydrogens is 198 g/mol. The summed E-state index contributed by atoms with van der Waals surface area (Å²) in [6.45, 7) is 0.0269. The van der Waals surface area contributed by atoms with E-state index in [2.05, 4.69) is 4.98 Å². The van der Waals surface area contributed by atoms with Gasteiger partial charge in [-0.25, -0.2) is 0 Å². The fourth-order valence-corrected chi connectivity index (χ4v) is 1.63. The van der Waals surface area contributed by atoms with Gasteiger partial charge in [-0.3, -0.25) is 4.98 Å². The van der Waals surface area contributed by atoms with Gasteiger partial charge < -0.3 is 5.11 Å². The molecule has 2 rings (SSSR count). The zero-order chi connectivity index (χ0) is 11.2. The standard InChI is InChI=1S/C14H13NO/c16-10-8-14(12-5-2-1-3-6-12)13-7-4-9-15-11-13/h1-9,11,16H,10H2/b14-8+. The van der Waals surface area contributed by atoms with Gasteiger partial charge in [0.25, 0.3) is 0 Å². The van der Waals surface area contributed by atoms with Crippen LogP contribution in [0.5, 0.6) is 0 Å². The first-order valence-corrected chi connectivity index (χ1v) is 5.18. The van der Waals surface area contributed by atoms with Crippen molar-refractivity contribution in [1.29, 1.82) is 0 Å². The summed E-state index contributed by atoms with van der Waals surface area (Å²) in [5.41, 5.74) is 3.11. The average molecular weight is 211 g/mol. The minimum atomic E-state index is 0.0269. The second-order valence-electron chi connectivity index (χ2n) is 3.41. The van der Waals surface area contributed by atoms with E-state index in [1.54, 1.807) is 18.5 Å². The van der Waals surface area contributed by atoms with E-state index in [0.717, 1.165) is 16.7 Å². The Kier molecular flexibility index (Phi) is 3.46. The number of aliphatic hydroxyl groups excluding tert-OH is 1. The summed E-state index contributed by atoms with van der Waals surface area (Å²) in [5, 5.41) is 9.06. The van der Waals surface area contributed by atoms with Gasteiger partial charge in [0.15, 0.2) is 0 Å². The number of aromatic nitrogens is 1. The number of pyridine rings is 1. The molecule has 0 fully saturated rings. The molecule has 0 aliphatic carbocycles. The molecule has 0 saturated carbocycles. The molecule has 0 atom stereocenters. The van der Waals surface area contributed by atoms with E-state index in [1.807, 2.05) is 42.5 Å². The SMILES string of the molecule is OC/C=C(\c1ccccc1)c1cccnc1. The molecule has 80 valence electrons. The van der Waals surface area contributed by atoms with Gasteiger partial charge in [0.05, 0.1) is 6.61 Å². The van der Waals surface area contributed by atoms with Crippen LogP contribution in [-0.2, 0) is 0 Å². The molecule has 16 heavy (non-hydrogen) atoms. The van der Waals surface area contributed by atoms with E-state index in [4.69, 9.17) is 5.11 Å². The van der Waals surface area contributed by atoms with Gasteiger partial charge in [-0.15, -0.1) is 0 Å². The van der Waals surface area contributed by atoms with Crippen LogP contribution in [0.4, 0.5) is 0 Å². The van der Waals surface area contributed by atoms with Crippen LogP contribution >= 0.6 is 0 Å². The summed E-state index contributed by atoms with van der Waals surface area (Å²) < 4.78 is 0. The van der Waals surface area contributed by atoms with E-state index in [9.17, 15) is 0 Å². The Morgan fingerprint density at radius 2 is 1.81 bits per heavy atom. The van der Waals surface area contributed by atoms with Crippen molar-refractivity contribution < 1.29 is 5.11 Å². The Hall–Kier alpha value is -1.93. The van der Waals surface area contributed by atoms with Gasteiger partial charge in [0.2, 0.25) is 0 Å². The van der Waals surface area contributed by atoms with Gasteiger partial charge in [-0.2, -0.15) is 0 Å². The molecule has 0 aliphatic rings. The number of nitrogens with zero attached hydrogens (tertiary/aromatic N) is 1. The van der Waals surface area contributed by atoms with Crippen molar-refractivity contribution in [3.05, 3.63) is 72.1 Å². The lowest BCUT2D eigenvalue weighted by Crippen LogP contribution is -1.90. The van der Waals surface area contributed by atoms with E-state index >= 15 is 0 Å². The lowest BCUT2D eigenvalue weighted by molar-refractivity contribution is 0.343. The highest BCUT2D eigenvalue weighted by Gasteiger charge is 2.03. The molecule has 1 aromatic heterocycles. The second kappa shape index (κ2) is 5.24. The average Bonchev–Trinajstić information content (AvgIpc) is 2.38. The molecule has 0 spiro atoms. The molecule has 2 nitrogen and oxygen atoms in total. The zero-order valence-electron chi connectivity index (χ0n) is 8.88. The molecule has 1 N–H and O–H groups in total. The maximum atomic E-state index is 9.06. The molecule has 0 saturated heterocycles. The molecule has 0 amide bonds. The summed E-state index contributed by atoms with van der Waals surface area (Å²) >= 11 is 0. The van der Waals surface area contributed by atoms with Crippen molar-refractivity contribution in [2.45, 2.75) is 0 Å². The molecular formula is C14H13NO. The zero-order valence-corrected chi connectivity index (χ0v) is 8.88. The Labute approximate surface area is 94.9 Å². The van der Waals surface area contributed by atoms with Crippen LogP contribution in [0.25, 0.3) is 5.57 Å². The summed E-state index contributed by atoms with van der Waals surface area (Å²) in [5.74, 6) is 0. The van der Waals surface area contributed by atoms with Crippen LogP contribution in [0.15, 0.2) is 60.9 Å². The molecule has 0 aliphatic heterocycles. The molecule has 1 aromatic carbocycles. The number of hydrogen-bond acceptors (Lipinski definition) is 2. The topological polar surface area (TPSA) is 33.1 Å². The molecule has 2 heteroatoms. The highest BCUT2D eigenvalue weighted by atomic mass is 16.2. The van der Waals surface area contributed by atoms with Gasteiger partial charge >= 0.3 is 0 Å².